The van der Waals surface area contributed by atoms with E-state index in [1.54, 1.807) is 0 Å². The first-order valence-electron chi connectivity index (χ1n) is 6.77. The molecule has 0 radical (unpaired) electrons. The maximum atomic E-state index is 11.5. The number of aryl methyl sites for hydroxylation is 1. The van der Waals surface area contributed by atoms with Gasteiger partial charge in [-0.15, -0.1) is 0 Å². The first-order valence-corrected chi connectivity index (χ1v) is 8.59. The van der Waals surface area contributed by atoms with Crippen LogP contribution in [-0.4, -0.2) is 43.8 Å². The van der Waals surface area contributed by atoms with Crippen LogP contribution in [0.15, 0.2) is 18.2 Å². The van der Waals surface area contributed by atoms with Gasteiger partial charge in [-0.3, -0.25) is 0 Å². The van der Waals surface area contributed by atoms with Gasteiger partial charge in [0.2, 0.25) is 0 Å². The molecule has 0 saturated carbocycles. The lowest BCUT2D eigenvalue weighted by Crippen LogP contribution is -2.30. The van der Waals surface area contributed by atoms with Gasteiger partial charge in [-0.1, -0.05) is 25.1 Å². The number of benzene rings is 1. The van der Waals surface area contributed by atoms with Crippen molar-refractivity contribution in [3.8, 4) is 5.75 Å². The number of para-hydroxylation sites is 1. The number of rotatable bonds is 5. The molecule has 2 atom stereocenters. The first-order chi connectivity index (χ1) is 9.43. The molecule has 1 heterocycles. The summed E-state index contributed by atoms with van der Waals surface area (Å²) in [5, 5.41) is 13.0. The Balaban J connectivity index is 2.20. The number of aliphatic hydroxyl groups excluding tert-OH is 1. The molecule has 1 aliphatic heterocycles. The van der Waals surface area contributed by atoms with Gasteiger partial charge < -0.3 is 15.2 Å². The number of nitrogens with one attached hydrogen (secondary N) is 1. The fraction of sp³-hybridized carbons (Fsp3) is 0.571. The topological polar surface area (TPSA) is 75.6 Å². The lowest BCUT2D eigenvalue weighted by Gasteiger charge is -2.20. The standard InChI is InChI=1S/C14H21NO4S/c1-3-15-7-11-6-4-5-10(2)14(11)19-13-9-20(17,18)8-12(13)16/h4-6,12-13,15-16H,3,7-9H2,1-2H3. The average Bonchev–Trinajstić information content (AvgIpc) is 2.63. The van der Waals surface area contributed by atoms with E-state index in [4.69, 9.17) is 4.74 Å². The summed E-state index contributed by atoms with van der Waals surface area (Å²) in [5.74, 6) is 0.337. The predicted octanol–water partition coefficient (Wildman–Crippen LogP) is 0.641. The van der Waals surface area contributed by atoms with Gasteiger partial charge in [0.05, 0.1) is 11.5 Å². The van der Waals surface area contributed by atoms with Crippen molar-refractivity contribution >= 4 is 9.84 Å². The van der Waals surface area contributed by atoms with Crippen LogP contribution in [0.25, 0.3) is 0 Å². The van der Waals surface area contributed by atoms with E-state index in [2.05, 4.69) is 5.32 Å². The summed E-state index contributed by atoms with van der Waals surface area (Å²) in [6.07, 6.45) is -1.63. The van der Waals surface area contributed by atoms with Gasteiger partial charge in [-0.2, -0.15) is 0 Å². The Bertz CT molecular complexity index is 571. The molecule has 5 nitrogen and oxygen atoms in total. The number of sulfone groups is 1. The van der Waals surface area contributed by atoms with E-state index in [0.29, 0.717) is 12.3 Å². The summed E-state index contributed by atoms with van der Waals surface area (Å²) < 4.78 is 28.9. The van der Waals surface area contributed by atoms with Crippen LogP contribution in [0.2, 0.25) is 0 Å². The monoisotopic (exact) mass is 299 g/mol. The molecule has 112 valence electrons. The lowest BCUT2D eigenvalue weighted by atomic mass is 10.1. The van der Waals surface area contributed by atoms with Crippen molar-refractivity contribution < 1.29 is 18.3 Å². The second-order valence-electron chi connectivity index (χ2n) is 5.14. The van der Waals surface area contributed by atoms with Crippen molar-refractivity contribution in [2.75, 3.05) is 18.1 Å². The second-order valence-corrected chi connectivity index (χ2v) is 7.30. The van der Waals surface area contributed by atoms with Crippen LogP contribution >= 0.6 is 0 Å². The second kappa shape index (κ2) is 6.11. The van der Waals surface area contributed by atoms with Gasteiger partial charge in [0.25, 0.3) is 0 Å². The van der Waals surface area contributed by atoms with Crippen LogP contribution in [0.4, 0.5) is 0 Å². The Labute approximate surface area is 119 Å². The summed E-state index contributed by atoms with van der Waals surface area (Å²) in [4.78, 5) is 0. The molecule has 0 bridgehead atoms. The molecule has 2 unspecified atom stereocenters. The third-order valence-electron chi connectivity index (χ3n) is 3.40. The molecular formula is C14H21NO4S. The minimum Gasteiger partial charge on any atom is -0.486 e. The highest BCUT2D eigenvalue weighted by molar-refractivity contribution is 7.91. The van der Waals surface area contributed by atoms with Crippen LogP contribution in [0, 0.1) is 6.92 Å². The van der Waals surface area contributed by atoms with E-state index in [9.17, 15) is 13.5 Å². The van der Waals surface area contributed by atoms with Crippen molar-refractivity contribution in [3.63, 3.8) is 0 Å². The number of hydrogen-bond acceptors (Lipinski definition) is 5. The minimum atomic E-state index is -3.20. The van der Waals surface area contributed by atoms with Crippen LogP contribution in [-0.2, 0) is 16.4 Å². The van der Waals surface area contributed by atoms with Crippen molar-refractivity contribution in [1.29, 1.82) is 0 Å². The smallest absolute Gasteiger partial charge is 0.156 e. The third kappa shape index (κ3) is 3.50. The Morgan fingerprint density at radius 1 is 1.40 bits per heavy atom. The molecule has 0 spiro atoms. The van der Waals surface area contributed by atoms with E-state index < -0.39 is 22.0 Å². The molecule has 1 aromatic rings. The fourth-order valence-electron chi connectivity index (χ4n) is 2.34. The van der Waals surface area contributed by atoms with E-state index in [-0.39, 0.29) is 11.5 Å². The predicted molar refractivity (Wildman–Crippen MR) is 77.6 cm³/mol. The molecule has 0 amide bonds. The van der Waals surface area contributed by atoms with Gasteiger partial charge >= 0.3 is 0 Å². The number of aliphatic hydroxyl groups is 1. The van der Waals surface area contributed by atoms with Gasteiger partial charge in [0, 0.05) is 12.1 Å². The molecule has 6 heteroatoms. The molecular weight excluding hydrogens is 278 g/mol. The van der Waals surface area contributed by atoms with Gasteiger partial charge in [0.15, 0.2) is 9.84 Å². The van der Waals surface area contributed by atoms with Gasteiger partial charge in [-0.05, 0) is 19.0 Å². The van der Waals surface area contributed by atoms with E-state index >= 15 is 0 Å². The Hall–Kier alpha value is -1.11. The number of ether oxygens (including phenoxy) is 1. The van der Waals surface area contributed by atoms with Crippen molar-refractivity contribution in [3.05, 3.63) is 29.3 Å². The Kier molecular flexibility index (Phi) is 4.67. The molecule has 1 fully saturated rings. The van der Waals surface area contributed by atoms with Crippen molar-refractivity contribution in [2.45, 2.75) is 32.6 Å². The highest BCUT2D eigenvalue weighted by Gasteiger charge is 2.38. The zero-order valence-electron chi connectivity index (χ0n) is 11.8. The zero-order valence-corrected chi connectivity index (χ0v) is 12.6. The van der Waals surface area contributed by atoms with Crippen LogP contribution in [0.1, 0.15) is 18.1 Å². The molecule has 1 aromatic carbocycles. The van der Waals surface area contributed by atoms with Crippen molar-refractivity contribution in [1.82, 2.24) is 5.32 Å². The zero-order chi connectivity index (χ0) is 14.8. The van der Waals surface area contributed by atoms with Crippen molar-refractivity contribution in [2.24, 2.45) is 0 Å². The summed E-state index contributed by atoms with van der Waals surface area (Å²) >= 11 is 0. The molecule has 1 saturated heterocycles. The minimum absolute atomic E-state index is 0.122. The van der Waals surface area contributed by atoms with Gasteiger partial charge in [-0.25, -0.2) is 8.42 Å². The quantitative estimate of drug-likeness (QED) is 0.834. The van der Waals surface area contributed by atoms with E-state index in [1.807, 2.05) is 32.0 Å². The maximum Gasteiger partial charge on any atom is 0.156 e. The highest BCUT2D eigenvalue weighted by atomic mass is 32.2. The van der Waals surface area contributed by atoms with E-state index in [1.165, 1.54) is 0 Å². The SMILES string of the molecule is CCNCc1cccc(C)c1OC1CS(=O)(=O)CC1O. The van der Waals surface area contributed by atoms with Crippen LogP contribution in [0.3, 0.4) is 0 Å². The third-order valence-corrected chi connectivity index (χ3v) is 5.09. The maximum absolute atomic E-state index is 11.5. The Morgan fingerprint density at radius 3 is 2.75 bits per heavy atom. The first kappa shape index (κ1) is 15.3. The normalized spacial score (nSPS) is 24.8. The molecule has 2 rings (SSSR count). The lowest BCUT2D eigenvalue weighted by molar-refractivity contribution is 0.0726. The average molecular weight is 299 g/mol. The van der Waals surface area contributed by atoms with Crippen LogP contribution in [0.5, 0.6) is 5.75 Å². The van der Waals surface area contributed by atoms with Gasteiger partial charge in [0.1, 0.15) is 18.0 Å². The number of hydrogen-bond donors (Lipinski definition) is 2. The molecule has 0 aliphatic carbocycles. The summed E-state index contributed by atoms with van der Waals surface area (Å²) in [5.41, 5.74) is 1.92. The molecule has 20 heavy (non-hydrogen) atoms. The molecule has 1 aliphatic rings. The molecule has 0 aromatic heterocycles. The summed E-state index contributed by atoms with van der Waals surface area (Å²) in [6.45, 7) is 5.43. The summed E-state index contributed by atoms with van der Waals surface area (Å²) in [7, 11) is -3.20. The largest absolute Gasteiger partial charge is 0.486 e. The van der Waals surface area contributed by atoms with E-state index in [0.717, 1.165) is 17.7 Å². The highest BCUT2D eigenvalue weighted by Crippen LogP contribution is 2.27. The molecule has 2 N–H and O–H groups in total. The Morgan fingerprint density at radius 2 is 2.15 bits per heavy atom. The summed E-state index contributed by atoms with van der Waals surface area (Å²) in [6, 6.07) is 5.80. The fourth-order valence-corrected chi connectivity index (χ4v) is 4.00. The van der Waals surface area contributed by atoms with Crippen LogP contribution < -0.4 is 10.1 Å².